The Morgan fingerprint density at radius 3 is 3.00 bits per heavy atom. The van der Waals surface area contributed by atoms with Gasteiger partial charge < -0.3 is 5.32 Å². The molecule has 0 bridgehead atoms. The summed E-state index contributed by atoms with van der Waals surface area (Å²) in [6.07, 6.45) is 5.37. The predicted molar refractivity (Wildman–Crippen MR) is 60.8 cm³/mol. The van der Waals surface area contributed by atoms with Crippen LogP contribution in [0.4, 0.5) is 10.1 Å². The van der Waals surface area contributed by atoms with Crippen LogP contribution in [0.25, 0.3) is 0 Å². The first-order chi connectivity index (χ1) is 7.81. The Balaban J connectivity index is 1.59. The molecule has 1 saturated carbocycles. The topological polar surface area (TPSA) is 28.2 Å². The smallest absolute Gasteiger partial charge is 0.214 e. The molecule has 86 valence electrons. The largest absolute Gasteiger partial charge is 0.381 e. The van der Waals surface area contributed by atoms with Crippen molar-refractivity contribution in [1.82, 2.24) is 9.88 Å². The number of aromatic nitrogens is 1. The Morgan fingerprint density at radius 2 is 2.25 bits per heavy atom. The van der Waals surface area contributed by atoms with Crippen molar-refractivity contribution in [3.63, 3.8) is 0 Å². The van der Waals surface area contributed by atoms with Crippen molar-refractivity contribution in [3.8, 4) is 0 Å². The Hall–Kier alpha value is -1.16. The zero-order valence-corrected chi connectivity index (χ0v) is 9.19. The van der Waals surface area contributed by atoms with Gasteiger partial charge in [-0.2, -0.15) is 4.39 Å². The first-order valence-electron chi connectivity index (χ1n) is 5.93. The van der Waals surface area contributed by atoms with E-state index in [1.807, 2.05) is 6.07 Å². The van der Waals surface area contributed by atoms with Gasteiger partial charge in [-0.15, -0.1) is 0 Å². The molecule has 1 aliphatic heterocycles. The van der Waals surface area contributed by atoms with E-state index in [1.165, 1.54) is 31.6 Å². The number of anilines is 1. The van der Waals surface area contributed by atoms with Crippen LogP contribution in [0.15, 0.2) is 18.3 Å². The zero-order valence-electron chi connectivity index (χ0n) is 9.19. The monoisotopic (exact) mass is 221 g/mol. The number of likely N-dealkylation sites (tertiary alicyclic amines) is 1. The lowest BCUT2D eigenvalue weighted by molar-refractivity contribution is 0.326. The Labute approximate surface area is 94.7 Å². The first kappa shape index (κ1) is 10.0. The van der Waals surface area contributed by atoms with Crippen LogP contribution in [0.5, 0.6) is 0 Å². The van der Waals surface area contributed by atoms with Gasteiger partial charge in [0.05, 0.1) is 0 Å². The summed E-state index contributed by atoms with van der Waals surface area (Å²) >= 11 is 0. The molecule has 0 amide bonds. The van der Waals surface area contributed by atoms with Gasteiger partial charge >= 0.3 is 0 Å². The van der Waals surface area contributed by atoms with E-state index < -0.39 is 5.95 Å². The molecule has 1 unspecified atom stereocenters. The lowest BCUT2D eigenvalue weighted by Gasteiger charge is -2.16. The van der Waals surface area contributed by atoms with E-state index in [9.17, 15) is 4.39 Å². The highest BCUT2D eigenvalue weighted by Crippen LogP contribution is 2.30. The molecule has 2 aliphatic rings. The SMILES string of the molecule is Fc1cc(NC2CCN(C3CC3)C2)ccn1. The van der Waals surface area contributed by atoms with E-state index in [-0.39, 0.29) is 0 Å². The maximum Gasteiger partial charge on any atom is 0.214 e. The van der Waals surface area contributed by atoms with Gasteiger partial charge in [-0.3, -0.25) is 4.90 Å². The molecule has 1 saturated heterocycles. The standard InChI is InChI=1S/C12H16FN3/c13-12-7-9(3-5-14-12)15-10-4-6-16(8-10)11-1-2-11/h3,5,7,10-11H,1-2,4,6,8H2,(H,14,15). The molecule has 1 aromatic heterocycles. The van der Waals surface area contributed by atoms with Crippen molar-refractivity contribution in [1.29, 1.82) is 0 Å². The minimum atomic E-state index is -0.415. The molecule has 16 heavy (non-hydrogen) atoms. The summed E-state index contributed by atoms with van der Waals surface area (Å²) in [6.45, 7) is 2.27. The van der Waals surface area contributed by atoms with Crippen LogP contribution >= 0.6 is 0 Å². The highest BCUT2D eigenvalue weighted by molar-refractivity contribution is 5.42. The molecule has 1 aromatic rings. The van der Waals surface area contributed by atoms with Gasteiger partial charge in [-0.05, 0) is 25.3 Å². The fraction of sp³-hybridized carbons (Fsp3) is 0.583. The molecule has 1 aliphatic carbocycles. The predicted octanol–water partition coefficient (Wildman–Crippen LogP) is 1.87. The molecule has 0 radical (unpaired) electrons. The normalized spacial score (nSPS) is 25.9. The maximum atomic E-state index is 12.9. The molecular weight excluding hydrogens is 205 g/mol. The summed E-state index contributed by atoms with van der Waals surface area (Å²) in [5, 5.41) is 3.37. The van der Waals surface area contributed by atoms with Gasteiger partial charge in [0.15, 0.2) is 0 Å². The second-order valence-electron chi connectivity index (χ2n) is 4.72. The maximum absolute atomic E-state index is 12.9. The highest BCUT2D eigenvalue weighted by Gasteiger charge is 2.34. The summed E-state index contributed by atoms with van der Waals surface area (Å²) in [5.41, 5.74) is 0.843. The van der Waals surface area contributed by atoms with Gasteiger partial charge in [0.2, 0.25) is 5.95 Å². The van der Waals surface area contributed by atoms with Gasteiger partial charge in [0.1, 0.15) is 0 Å². The molecule has 1 atom stereocenters. The van der Waals surface area contributed by atoms with E-state index in [4.69, 9.17) is 0 Å². The van der Waals surface area contributed by atoms with Crippen molar-refractivity contribution in [2.45, 2.75) is 31.3 Å². The third-order valence-corrected chi connectivity index (χ3v) is 3.38. The van der Waals surface area contributed by atoms with Gasteiger partial charge in [0.25, 0.3) is 0 Å². The Kier molecular flexibility index (Phi) is 2.52. The summed E-state index contributed by atoms with van der Waals surface area (Å²) in [6, 6.07) is 4.58. The van der Waals surface area contributed by atoms with E-state index in [0.717, 1.165) is 24.7 Å². The average Bonchev–Trinajstić information content (AvgIpc) is 3.01. The van der Waals surface area contributed by atoms with Crippen LogP contribution in [0.1, 0.15) is 19.3 Å². The van der Waals surface area contributed by atoms with E-state index in [2.05, 4.69) is 15.2 Å². The van der Waals surface area contributed by atoms with Crippen molar-refractivity contribution in [3.05, 3.63) is 24.3 Å². The molecule has 0 spiro atoms. The van der Waals surface area contributed by atoms with E-state index in [1.54, 1.807) is 0 Å². The van der Waals surface area contributed by atoms with Crippen LogP contribution in [0.3, 0.4) is 0 Å². The van der Waals surface area contributed by atoms with Crippen LogP contribution < -0.4 is 5.32 Å². The van der Waals surface area contributed by atoms with Crippen LogP contribution in [-0.4, -0.2) is 35.1 Å². The molecule has 3 rings (SSSR count). The third-order valence-electron chi connectivity index (χ3n) is 3.38. The van der Waals surface area contributed by atoms with Gasteiger partial charge in [-0.25, -0.2) is 4.98 Å². The number of nitrogens with zero attached hydrogens (tertiary/aromatic N) is 2. The number of hydrogen-bond acceptors (Lipinski definition) is 3. The second-order valence-corrected chi connectivity index (χ2v) is 4.72. The fourth-order valence-corrected chi connectivity index (χ4v) is 2.40. The van der Waals surface area contributed by atoms with Crippen LogP contribution in [0.2, 0.25) is 0 Å². The minimum Gasteiger partial charge on any atom is -0.381 e. The van der Waals surface area contributed by atoms with E-state index in [0.29, 0.717) is 6.04 Å². The minimum absolute atomic E-state index is 0.415. The van der Waals surface area contributed by atoms with Crippen molar-refractivity contribution in [2.75, 3.05) is 18.4 Å². The van der Waals surface area contributed by atoms with Crippen molar-refractivity contribution >= 4 is 5.69 Å². The third kappa shape index (κ3) is 2.16. The number of halogens is 1. The molecule has 2 fully saturated rings. The summed E-state index contributed by atoms with van der Waals surface area (Å²) in [4.78, 5) is 6.09. The van der Waals surface area contributed by atoms with Crippen LogP contribution in [0, 0.1) is 5.95 Å². The molecule has 2 heterocycles. The lowest BCUT2D eigenvalue weighted by Crippen LogP contribution is -2.27. The van der Waals surface area contributed by atoms with Gasteiger partial charge in [-0.1, -0.05) is 0 Å². The second kappa shape index (κ2) is 4.01. The lowest BCUT2D eigenvalue weighted by atomic mass is 10.2. The molecule has 4 heteroatoms. The highest BCUT2D eigenvalue weighted by atomic mass is 19.1. The number of hydrogen-bond donors (Lipinski definition) is 1. The Bertz CT molecular complexity index is 378. The summed E-state index contributed by atoms with van der Waals surface area (Å²) < 4.78 is 12.9. The summed E-state index contributed by atoms with van der Waals surface area (Å²) in [7, 11) is 0. The van der Waals surface area contributed by atoms with E-state index >= 15 is 0 Å². The van der Waals surface area contributed by atoms with Gasteiger partial charge in [0, 0.05) is 43.1 Å². The summed E-state index contributed by atoms with van der Waals surface area (Å²) in [5.74, 6) is -0.415. The number of pyridine rings is 1. The quantitative estimate of drug-likeness (QED) is 0.790. The molecular formula is C12H16FN3. The van der Waals surface area contributed by atoms with Crippen molar-refractivity contribution < 1.29 is 4.39 Å². The Morgan fingerprint density at radius 1 is 1.38 bits per heavy atom. The number of rotatable bonds is 3. The van der Waals surface area contributed by atoms with Crippen molar-refractivity contribution in [2.24, 2.45) is 0 Å². The first-order valence-corrected chi connectivity index (χ1v) is 5.93. The van der Waals surface area contributed by atoms with Crippen LogP contribution in [-0.2, 0) is 0 Å². The molecule has 3 nitrogen and oxygen atoms in total. The molecule has 1 N–H and O–H groups in total. The average molecular weight is 221 g/mol. The number of nitrogens with one attached hydrogen (secondary N) is 1. The fourth-order valence-electron chi connectivity index (χ4n) is 2.40. The molecule has 0 aromatic carbocycles. The zero-order chi connectivity index (χ0) is 11.0.